The summed E-state index contributed by atoms with van der Waals surface area (Å²) in [7, 11) is -3.84. The zero-order valence-electron chi connectivity index (χ0n) is 8.85. The number of hydrogen-bond acceptors (Lipinski definition) is 2. The molecule has 3 nitrogen and oxygen atoms in total. The van der Waals surface area contributed by atoms with Crippen LogP contribution in [0.15, 0.2) is 0 Å². The molecule has 0 radical (unpaired) electrons. The van der Waals surface area contributed by atoms with Crippen molar-refractivity contribution in [3.05, 3.63) is 0 Å². The molecule has 86 valence electrons. The highest BCUT2D eigenvalue weighted by atomic mass is 32.2. The number of hydrogen-bond donors (Lipinski definition) is 1. The Morgan fingerprint density at radius 3 is 2.60 bits per heavy atom. The van der Waals surface area contributed by atoms with E-state index in [4.69, 9.17) is 0 Å². The molecular weight excluding hydrogens is 212 g/mol. The van der Waals surface area contributed by atoms with E-state index in [1.165, 1.54) is 19.3 Å². The monoisotopic (exact) mass is 230 g/mol. The van der Waals surface area contributed by atoms with Crippen molar-refractivity contribution >= 4 is 10.1 Å². The van der Waals surface area contributed by atoms with Gasteiger partial charge in [-0.25, -0.2) is 0 Å². The average Bonchev–Trinajstić information content (AvgIpc) is 2.13. The molecule has 1 N–H and O–H groups in total. The van der Waals surface area contributed by atoms with Crippen LogP contribution in [0.1, 0.15) is 44.9 Å². The Labute approximate surface area is 91.0 Å². The topological polar surface area (TPSA) is 54.4 Å². The molecule has 0 spiro atoms. The maximum Gasteiger partial charge on any atom is 0.270 e. The maximum absolute atomic E-state index is 11.6. The van der Waals surface area contributed by atoms with Gasteiger partial charge in [0.25, 0.3) is 10.1 Å². The Bertz CT molecular complexity index is 371. The van der Waals surface area contributed by atoms with Crippen LogP contribution in [0.2, 0.25) is 0 Å². The van der Waals surface area contributed by atoms with Crippen LogP contribution in [0.5, 0.6) is 0 Å². The second-order valence-electron chi connectivity index (χ2n) is 5.80. The summed E-state index contributed by atoms with van der Waals surface area (Å²) in [6, 6.07) is 0. The largest absolute Gasteiger partial charge is 0.285 e. The standard InChI is InChI=1S/C11H18O3S/c12-15(13,14)11-4-3-9-2-1-8(6-11)5-10(9)7-11/h8-10H,1-7H2,(H,12,13,14). The van der Waals surface area contributed by atoms with E-state index >= 15 is 0 Å². The van der Waals surface area contributed by atoms with Gasteiger partial charge in [0, 0.05) is 0 Å². The van der Waals surface area contributed by atoms with E-state index in [2.05, 4.69) is 0 Å². The Kier molecular flexibility index (Phi) is 2.00. The van der Waals surface area contributed by atoms with Gasteiger partial charge < -0.3 is 0 Å². The predicted molar refractivity (Wildman–Crippen MR) is 57.1 cm³/mol. The normalized spacial score (nSPS) is 49.3. The van der Waals surface area contributed by atoms with Gasteiger partial charge in [0.05, 0.1) is 4.75 Å². The number of fused-ring (bicyclic) bond motifs is 2. The van der Waals surface area contributed by atoms with Crippen molar-refractivity contribution in [3.8, 4) is 0 Å². The van der Waals surface area contributed by atoms with Crippen molar-refractivity contribution in [2.75, 3.05) is 0 Å². The molecule has 0 aromatic rings. The fourth-order valence-corrected chi connectivity index (χ4v) is 5.57. The summed E-state index contributed by atoms with van der Waals surface area (Å²) >= 11 is 0. The van der Waals surface area contributed by atoms with Crippen molar-refractivity contribution in [2.45, 2.75) is 49.7 Å². The minimum atomic E-state index is -3.84. The Morgan fingerprint density at radius 1 is 1.07 bits per heavy atom. The Morgan fingerprint density at radius 2 is 1.87 bits per heavy atom. The molecule has 0 aliphatic heterocycles. The summed E-state index contributed by atoms with van der Waals surface area (Å²) in [5.74, 6) is 1.88. The van der Waals surface area contributed by atoms with Crippen molar-refractivity contribution in [1.82, 2.24) is 0 Å². The highest BCUT2D eigenvalue weighted by Crippen LogP contribution is 2.56. The van der Waals surface area contributed by atoms with Gasteiger partial charge in [-0.05, 0) is 56.3 Å². The highest BCUT2D eigenvalue weighted by Gasteiger charge is 2.55. The fourth-order valence-electron chi connectivity index (χ4n) is 4.32. The molecule has 3 fully saturated rings. The molecule has 0 heterocycles. The summed E-state index contributed by atoms with van der Waals surface area (Å²) < 4.78 is 31.8. The van der Waals surface area contributed by atoms with Gasteiger partial charge in [0.15, 0.2) is 0 Å². The van der Waals surface area contributed by atoms with E-state index in [9.17, 15) is 13.0 Å². The lowest BCUT2D eigenvalue weighted by atomic mass is 9.57. The van der Waals surface area contributed by atoms with Crippen LogP contribution in [0.3, 0.4) is 0 Å². The molecule has 4 atom stereocenters. The molecule has 3 rings (SSSR count). The van der Waals surface area contributed by atoms with Gasteiger partial charge in [0.1, 0.15) is 0 Å². The SMILES string of the molecule is O=S(=O)(O)C12CCC3CCC(CC3C1)C2. The lowest BCUT2D eigenvalue weighted by molar-refractivity contribution is 0.0411. The summed E-state index contributed by atoms with van der Waals surface area (Å²) in [4.78, 5) is 0. The van der Waals surface area contributed by atoms with E-state index in [0.29, 0.717) is 18.3 Å². The van der Waals surface area contributed by atoms with E-state index in [1.807, 2.05) is 0 Å². The van der Waals surface area contributed by atoms with E-state index in [1.54, 1.807) is 0 Å². The molecule has 4 unspecified atom stereocenters. The van der Waals surface area contributed by atoms with Crippen LogP contribution in [0.4, 0.5) is 0 Å². The lowest BCUT2D eigenvalue weighted by Gasteiger charge is -2.53. The fraction of sp³-hybridized carbons (Fsp3) is 1.00. The lowest BCUT2D eigenvalue weighted by Crippen LogP contribution is -2.52. The zero-order chi connectivity index (χ0) is 10.7. The van der Waals surface area contributed by atoms with Crippen LogP contribution in [-0.2, 0) is 10.1 Å². The summed E-state index contributed by atoms with van der Waals surface area (Å²) in [6.45, 7) is 0. The van der Waals surface area contributed by atoms with E-state index in [-0.39, 0.29) is 0 Å². The zero-order valence-corrected chi connectivity index (χ0v) is 9.67. The molecule has 4 heteroatoms. The van der Waals surface area contributed by atoms with Gasteiger partial charge in [-0.1, -0.05) is 6.42 Å². The van der Waals surface area contributed by atoms with Crippen LogP contribution < -0.4 is 0 Å². The summed E-state index contributed by atoms with van der Waals surface area (Å²) in [5, 5.41) is 0. The molecule has 0 amide bonds. The summed E-state index contributed by atoms with van der Waals surface area (Å²) in [6.07, 6.45) is 6.83. The van der Waals surface area contributed by atoms with Crippen LogP contribution in [-0.4, -0.2) is 17.7 Å². The molecule has 0 saturated heterocycles. The minimum absolute atomic E-state index is 0.558. The molecule has 3 bridgehead atoms. The molecule has 3 saturated carbocycles. The van der Waals surface area contributed by atoms with Crippen LogP contribution in [0.25, 0.3) is 0 Å². The van der Waals surface area contributed by atoms with Crippen molar-refractivity contribution < 1.29 is 13.0 Å². The Hall–Kier alpha value is -0.0900. The second-order valence-corrected chi connectivity index (χ2v) is 7.62. The van der Waals surface area contributed by atoms with Crippen LogP contribution >= 0.6 is 0 Å². The molecule has 15 heavy (non-hydrogen) atoms. The molecule has 3 aliphatic rings. The average molecular weight is 230 g/mol. The minimum Gasteiger partial charge on any atom is -0.285 e. The van der Waals surface area contributed by atoms with Gasteiger partial charge in [0.2, 0.25) is 0 Å². The maximum atomic E-state index is 11.6. The third-order valence-electron chi connectivity index (χ3n) is 5.06. The predicted octanol–water partition coefficient (Wildman–Crippen LogP) is 2.23. The van der Waals surface area contributed by atoms with E-state index < -0.39 is 14.9 Å². The first-order valence-corrected chi connectivity index (χ1v) is 7.41. The first kappa shape index (κ1) is 10.1. The smallest absolute Gasteiger partial charge is 0.270 e. The highest BCUT2D eigenvalue weighted by molar-refractivity contribution is 7.87. The first-order valence-electron chi connectivity index (χ1n) is 5.97. The van der Waals surface area contributed by atoms with Gasteiger partial charge >= 0.3 is 0 Å². The van der Waals surface area contributed by atoms with Gasteiger partial charge in [-0.2, -0.15) is 8.42 Å². The van der Waals surface area contributed by atoms with Crippen molar-refractivity contribution in [1.29, 1.82) is 0 Å². The van der Waals surface area contributed by atoms with Gasteiger partial charge in [-0.3, -0.25) is 4.55 Å². The third kappa shape index (κ3) is 1.37. The van der Waals surface area contributed by atoms with Crippen LogP contribution in [0, 0.1) is 17.8 Å². The Balaban J connectivity index is 2.00. The van der Waals surface area contributed by atoms with Crippen molar-refractivity contribution in [3.63, 3.8) is 0 Å². The summed E-state index contributed by atoms with van der Waals surface area (Å²) in [5.41, 5.74) is 0. The molecule has 0 aromatic carbocycles. The second kappa shape index (κ2) is 2.98. The van der Waals surface area contributed by atoms with Gasteiger partial charge in [-0.15, -0.1) is 0 Å². The van der Waals surface area contributed by atoms with E-state index in [0.717, 1.165) is 25.2 Å². The molecular formula is C11H18O3S. The third-order valence-corrected chi connectivity index (χ3v) is 6.69. The molecule has 0 aromatic heterocycles. The molecule has 3 aliphatic carbocycles. The quantitative estimate of drug-likeness (QED) is 0.703. The number of rotatable bonds is 1. The first-order chi connectivity index (χ1) is 7.00. The van der Waals surface area contributed by atoms with Crippen molar-refractivity contribution in [2.24, 2.45) is 17.8 Å².